The largest absolute Gasteiger partial charge is 0.382 e. The normalized spacial score (nSPS) is 10.9. The molecule has 0 aliphatic carbocycles. The van der Waals surface area contributed by atoms with E-state index in [2.05, 4.69) is 20.5 Å². The van der Waals surface area contributed by atoms with Gasteiger partial charge in [0, 0.05) is 0 Å². The van der Waals surface area contributed by atoms with E-state index >= 15 is 0 Å². The van der Waals surface area contributed by atoms with Crippen LogP contribution in [0.3, 0.4) is 0 Å². The Morgan fingerprint density at radius 3 is 2.65 bits per heavy atom. The number of hydrogen-bond donors (Lipinski definition) is 2. The van der Waals surface area contributed by atoms with E-state index in [0.29, 0.717) is 0 Å². The lowest BCUT2D eigenvalue weighted by Gasteiger charge is -2.04. The summed E-state index contributed by atoms with van der Waals surface area (Å²) in [6, 6.07) is 9.92. The first-order valence-corrected chi connectivity index (χ1v) is 6.00. The average Bonchev–Trinajstić information content (AvgIpc) is 2.45. The van der Waals surface area contributed by atoms with Gasteiger partial charge < -0.3 is 5.73 Å². The minimum atomic E-state index is 0.133. The second-order valence-electron chi connectivity index (χ2n) is 4.28. The molecule has 0 atom stereocenters. The third kappa shape index (κ3) is 3.09. The summed E-state index contributed by atoms with van der Waals surface area (Å²) in [5.41, 5.74) is 11.6. The van der Waals surface area contributed by atoms with Gasteiger partial charge in [0.05, 0.1) is 11.9 Å². The van der Waals surface area contributed by atoms with Crippen LogP contribution < -0.4 is 11.2 Å². The highest BCUT2D eigenvalue weighted by molar-refractivity contribution is 5.99. The van der Waals surface area contributed by atoms with Crippen molar-refractivity contribution in [1.82, 2.24) is 9.97 Å². The zero-order valence-electron chi connectivity index (χ0n) is 11.3. The summed E-state index contributed by atoms with van der Waals surface area (Å²) in [6.07, 6.45) is 1.36. The molecule has 0 fully saturated rings. The Kier molecular flexibility index (Phi) is 3.91. The fourth-order valence-electron chi connectivity index (χ4n) is 1.53. The van der Waals surface area contributed by atoms with Crippen molar-refractivity contribution in [3.8, 4) is 6.07 Å². The van der Waals surface area contributed by atoms with Gasteiger partial charge in [0.1, 0.15) is 17.5 Å². The Morgan fingerprint density at radius 1 is 1.35 bits per heavy atom. The number of aryl methyl sites for hydroxylation is 1. The summed E-state index contributed by atoms with van der Waals surface area (Å²) in [5.74, 6) is 0.390. The van der Waals surface area contributed by atoms with Crippen molar-refractivity contribution in [1.29, 1.82) is 5.26 Å². The minimum absolute atomic E-state index is 0.133. The molecule has 0 aliphatic rings. The van der Waals surface area contributed by atoms with Crippen LogP contribution in [0, 0.1) is 18.3 Å². The predicted octanol–water partition coefficient (Wildman–Crippen LogP) is 2.07. The van der Waals surface area contributed by atoms with Crippen molar-refractivity contribution in [2.45, 2.75) is 13.8 Å². The second-order valence-corrected chi connectivity index (χ2v) is 4.28. The molecule has 3 N–H and O–H groups in total. The maximum atomic E-state index is 8.74. The molecular weight excluding hydrogens is 252 g/mol. The van der Waals surface area contributed by atoms with E-state index in [1.165, 1.54) is 11.8 Å². The topological polar surface area (TPSA) is 100.0 Å². The number of aromatic nitrogens is 2. The van der Waals surface area contributed by atoms with Crippen LogP contribution in [-0.2, 0) is 0 Å². The number of nitrogen functional groups attached to an aromatic ring is 1. The summed E-state index contributed by atoms with van der Waals surface area (Å²) in [5, 5.41) is 12.9. The first-order chi connectivity index (χ1) is 9.60. The van der Waals surface area contributed by atoms with Gasteiger partial charge >= 0.3 is 0 Å². The van der Waals surface area contributed by atoms with Gasteiger partial charge in [-0.25, -0.2) is 10.4 Å². The number of nitrogens with zero attached hydrogens (tertiary/aromatic N) is 4. The van der Waals surface area contributed by atoms with Crippen molar-refractivity contribution in [2.24, 2.45) is 5.10 Å². The molecule has 0 amide bonds. The molecule has 0 radical (unpaired) electrons. The van der Waals surface area contributed by atoms with Gasteiger partial charge in [-0.1, -0.05) is 29.8 Å². The van der Waals surface area contributed by atoms with E-state index in [1.807, 2.05) is 44.2 Å². The number of hydrazone groups is 1. The second kappa shape index (κ2) is 5.80. The van der Waals surface area contributed by atoms with Gasteiger partial charge in [-0.15, -0.1) is 0 Å². The number of rotatable bonds is 3. The van der Waals surface area contributed by atoms with E-state index < -0.39 is 0 Å². The van der Waals surface area contributed by atoms with Crippen molar-refractivity contribution in [3.05, 3.63) is 47.2 Å². The SMILES string of the molecule is C/C(=N\Nc1ncc(C#N)c(N)n1)c1ccc(C)cc1. The monoisotopic (exact) mass is 266 g/mol. The van der Waals surface area contributed by atoms with Gasteiger partial charge in [0.15, 0.2) is 0 Å². The maximum Gasteiger partial charge on any atom is 0.245 e. The standard InChI is InChI=1S/C14H14N6/c1-9-3-5-11(6-4-9)10(2)19-20-14-17-8-12(7-15)13(16)18-14/h3-6,8H,1-2H3,(H3,16,17,18,20)/b19-10+. The highest BCUT2D eigenvalue weighted by atomic mass is 15.4. The van der Waals surface area contributed by atoms with E-state index in [1.54, 1.807) is 0 Å². The number of nitriles is 1. The molecule has 6 heteroatoms. The molecule has 1 heterocycles. The molecule has 0 saturated carbocycles. The number of benzene rings is 1. The summed E-state index contributed by atoms with van der Waals surface area (Å²) in [4.78, 5) is 7.91. The zero-order chi connectivity index (χ0) is 14.5. The molecule has 6 nitrogen and oxygen atoms in total. The van der Waals surface area contributed by atoms with Gasteiger partial charge in [0.25, 0.3) is 0 Å². The third-order valence-electron chi connectivity index (χ3n) is 2.73. The lowest BCUT2D eigenvalue weighted by Crippen LogP contribution is -2.04. The first kappa shape index (κ1) is 13.5. The number of nitrogens with two attached hydrogens (primary N) is 1. The molecule has 1 aromatic carbocycles. The average molecular weight is 266 g/mol. The van der Waals surface area contributed by atoms with Gasteiger partial charge in [-0.2, -0.15) is 15.3 Å². The quantitative estimate of drug-likeness (QED) is 0.654. The molecule has 2 aromatic rings. The van der Waals surface area contributed by atoms with Crippen LogP contribution in [-0.4, -0.2) is 15.7 Å². The Labute approximate surface area is 117 Å². The fraction of sp³-hybridized carbons (Fsp3) is 0.143. The predicted molar refractivity (Wildman–Crippen MR) is 78.2 cm³/mol. The van der Waals surface area contributed by atoms with E-state index in [4.69, 9.17) is 11.0 Å². The molecular formula is C14H14N6. The lowest BCUT2D eigenvalue weighted by molar-refractivity contribution is 1.11. The Morgan fingerprint density at radius 2 is 2.05 bits per heavy atom. The zero-order valence-corrected chi connectivity index (χ0v) is 11.3. The number of nitrogens with one attached hydrogen (secondary N) is 1. The molecule has 0 spiro atoms. The molecule has 20 heavy (non-hydrogen) atoms. The molecule has 1 aromatic heterocycles. The van der Waals surface area contributed by atoms with Crippen LogP contribution in [0.4, 0.5) is 11.8 Å². The van der Waals surface area contributed by atoms with Crippen LogP contribution in [0.15, 0.2) is 35.6 Å². The molecule has 0 aliphatic heterocycles. The number of anilines is 2. The van der Waals surface area contributed by atoms with Crippen LogP contribution in [0.1, 0.15) is 23.6 Å². The van der Waals surface area contributed by atoms with E-state index in [-0.39, 0.29) is 17.3 Å². The summed E-state index contributed by atoms with van der Waals surface area (Å²) in [6.45, 7) is 3.91. The van der Waals surface area contributed by atoms with Gasteiger partial charge in [0.2, 0.25) is 5.95 Å². The first-order valence-electron chi connectivity index (χ1n) is 6.00. The smallest absolute Gasteiger partial charge is 0.245 e. The van der Waals surface area contributed by atoms with E-state index in [0.717, 1.165) is 11.3 Å². The third-order valence-corrected chi connectivity index (χ3v) is 2.73. The maximum absolute atomic E-state index is 8.74. The van der Waals surface area contributed by atoms with Crippen LogP contribution >= 0.6 is 0 Å². The Hall–Kier alpha value is -2.94. The van der Waals surface area contributed by atoms with Crippen molar-refractivity contribution < 1.29 is 0 Å². The van der Waals surface area contributed by atoms with Crippen LogP contribution in [0.25, 0.3) is 0 Å². The minimum Gasteiger partial charge on any atom is -0.382 e. The highest BCUT2D eigenvalue weighted by Gasteiger charge is 2.03. The van der Waals surface area contributed by atoms with Gasteiger partial charge in [-0.05, 0) is 19.4 Å². The van der Waals surface area contributed by atoms with Crippen LogP contribution in [0.5, 0.6) is 0 Å². The molecule has 0 bridgehead atoms. The van der Waals surface area contributed by atoms with Crippen molar-refractivity contribution in [3.63, 3.8) is 0 Å². The highest BCUT2D eigenvalue weighted by Crippen LogP contribution is 2.09. The number of hydrogen-bond acceptors (Lipinski definition) is 6. The van der Waals surface area contributed by atoms with Crippen LogP contribution in [0.2, 0.25) is 0 Å². The van der Waals surface area contributed by atoms with Gasteiger partial charge in [-0.3, -0.25) is 0 Å². The van der Waals surface area contributed by atoms with Crippen molar-refractivity contribution >= 4 is 17.5 Å². The van der Waals surface area contributed by atoms with Crippen molar-refractivity contribution in [2.75, 3.05) is 11.2 Å². The summed E-state index contributed by atoms with van der Waals surface area (Å²) >= 11 is 0. The summed E-state index contributed by atoms with van der Waals surface area (Å²) in [7, 11) is 0. The Bertz CT molecular complexity index is 682. The van der Waals surface area contributed by atoms with E-state index in [9.17, 15) is 0 Å². The molecule has 0 unspecified atom stereocenters. The fourth-order valence-corrected chi connectivity index (χ4v) is 1.53. The Balaban J connectivity index is 2.14. The lowest BCUT2D eigenvalue weighted by atomic mass is 10.1. The molecule has 0 saturated heterocycles. The molecule has 2 rings (SSSR count). The molecule has 100 valence electrons. The summed E-state index contributed by atoms with van der Waals surface area (Å²) < 4.78 is 0.